The van der Waals surface area contributed by atoms with Crippen LogP contribution in [-0.2, 0) is 25.1 Å². The van der Waals surface area contributed by atoms with Crippen LogP contribution < -0.4 is 5.32 Å². The van der Waals surface area contributed by atoms with Crippen molar-refractivity contribution in [3.63, 3.8) is 0 Å². The fraction of sp³-hybridized carbons (Fsp3) is 0.438. The van der Waals surface area contributed by atoms with E-state index in [1.54, 1.807) is 0 Å². The molecule has 0 bridgehead atoms. The molecule has 0 unspecified atom stereocenters. The number of nitrogens with one attached hydrogen (secondary N) is 2. The number of aliphatic hydroxyl groups excluding tert-OH is 1. The van der Waals surface area contributed by atoms with Crippen molar-refractivity contribution < 1.29 is 5.11 Å². The lowest BCUT2D eigenvalue weighted by Crippen LogP contribution is -2.19. The predicted octanol–water partition coefficient (Wildman–Crippen LogP) is 2.49. The van der Waals surface area contributed by atoms with Crippen molar-refractivity contribution in [2.75, 3.05) is 0 Å². The van der Waals surface area contributed by atoms with Gasteiger partial charge in [-0.3, -0.25) is 5.10 Å². The van der Waals surface area contributed by atoms with Crippen LogP contribution in [-0.4, -0.2) is 15.3 Å². The molecule has 0 radical (unpaired) electrons. The van der Waals surface area contributed by atoms with Crippen molar-refractivity contribution in [3.8, 4) is 0 Å². The molecule has 0 fully saturated rings. The molecule has 4 nitrogen and oxygen atoms in total. The lowest BCUT2D eigenvalue weighted by molar-refractivity contribution is 0.280. The summed E-state index contributed by atoms with van der Waals surface area (Å²) in [6.45, 7) is 8.10. The minimum Gasteiger partial charge on any atom is -0.392 e. The second kappa shape index (κ2) is 6.20. The molecule has 2 rings (SSSR count). The summed E-state index contributed by atoms with van der Waals surface area (Å²) < 4.78 is 0. The molecular formula is C16H23N3O. The number of nitrogens with zero attached hydrogens (tertiary/aromatic N) is 1. The molecule has 1 aromatic heterocycles. The second-order valence-electron chi connectivity index (χ2n) is 6.05. The summed E-state index contributed by atoms with van der Waals surface area (Å²) in [7, 11) is 0. The number of aromatic nitrogens is 2. The quantitative estimate of drug-likeness (QED) is 0.784. The molecule has 1 aromatic carbocycles. The standard InChI is InChI=1S/C16H23N3O/c1-16(2,3)15-14(10-18-19-15)9-17-8-12-6-4-5-7-13(12)11-20/h4-7,10,17,20H,8-9,11H2,1-3H3,(H,18,19). The highest BCUT2D eigenvalue weighted by molar-refractivity contribution is 5.27. The predicted molar refractivity (Wildman–Crippen MR) is 80.2 cm³/mol. The van der Waals surface area contributed by atoms with Gasteiger partial charge in [-0.15, -0.1) is 0 Å². The first-order valence-corrected chi connectivity index (χ1v) is 6.93. The zero-order chi connectivity index (χ0) is 14.6. The van der Waals surface area contributed by atoms with Gasteiger partial charge in [0.1, 0.15) is 0 Å². The Hall–Kier alpha value is -1.65. The van der Waals surface area contributed by atoms with Crippen LogP contribution in [0.5, 0.6) is 0 Å². The minimum atomic E-state index is 0.0660. The van der Waals surface area contributed by atoms with Gasteiger partial charge >= 0.3 is 0 Å². The topological polar surface area (TPSA) is 60.9 Å². The van der Waals surface area contributed by atoms with Crippen LogP contribution in [0.15, 0.2) is 30.5 Å². The summed E-state index contributed by atoms with van der Waals surface area (Å²) in [5, 5.41) is 20.0. The van der Waals surface area contributed by atoms with Gasteiger partial charge in [-0.1, -0.05) is 45.0 Å². The fourth-order valence-electron chi connectivity index (χ4n) is 2.31. The summed E-state index contributed by atoms with van der Waals surface area (Å²) >= 11 is 0. The summed E-state index contributed by atoms with van der Waals surface area (Å²) in [6.07, 6.45) is 1.88. The van der Waals surface area contributed by atoms with Gasteiger partial charge in [-0.05, 0) is 11.1 Å². The Bertz CT molecular complexity index is 555. The highest BCUT2D eigenvalue weighted by atomic mass is 16.3. The number of benzene rings is 1. The van der Waals surface area contributed by atoms with Crippen LogP contribution in [0.3, 0.4) is 0 Å². The molecule has 1 heterocycles. The molecule has 0 spiro atoms. The van der Waals surface area contributed by atoms with Crippen LogP contribution in [0.25, 0.3) is 0 Å². The number of hydrogen-bond acceptors (Lipinski definition) is 3. The first-order chi connectivity index (χ1) is 9.52. The van der Waals surface area contributed by atoms with E-state index in [1.165, 1.54) is 11.3 Å². The van der Waals surface area contributed by atoms with Crippen LogP contribution in [0, 0.1) is 0 Å². The number of aromatic amines is 1. The Balaban J connectivity index is 1.99. The Labute approximate surface area is 120 Å². The third kappa shape index (κ3) is 3.46. The third-order valence-electron chi connectivity index (χ3n) is 3.39. The molecule has 0 aliphatic rings. The average Bonchev–Trinajstić information content (AvgIpc) is 2.88. The molecule has 0 saturated carbocycles. The zero-order valence-corrected chi connectivity index (χ0v) is 12.4. The van der Waals surface area contributed by atoms with Crippen molar-refractivity contribution in [1.29, 1.82) is 0 Å². The van der Waals surface area contributed by atoms with E-state index < -0.39 is 0 Å². The van der Waals surface area contributed by atoms with Crippen LogP contribution >= 0.6 is 0 Å². The first kappa shape index (κ1) is 14.8. The average molecular weight is 273 g/mol. The molecule has 0 atom stereocenters. The van der Waals surface area contributed by atoms with Crippen molar-refractivity contribution in [1.82, 2.24) is 15.5 Å². The highest BCUT2D eigenvalue weighted by Gasteiger charge is 2.19. The van der Waals surface area contributed by atoms with Crippen LogP contribution in [0.4, 0.5) is 0 Å². The van der Waals surface area contributed by atoms with Gasteiger partial charge in [0, 0.05) is 29.8 Å². The van der Waals surface area contributed by atoms with Crippen LogP contribution in [0.2, 0.25) is 0 Å². The maximum absolute atomic E-state index is 9.31. The van der Waals surface area contributed by atoms with E-state index in [4.69, 9.17) is 0 Å². The van der Waals surface area contributed by atoms with E-state index in [1.807, 2.05) is 30.5 Å². The molecule has 0 aliphatic carbocycles. The monoisotopic (exact) mass is 273 g/mol. The zero-order valence-electron chi connectivity index (χ0n) is 12.4. The van der Waals surface area contributed by atoms with Gasteiger partial charge in [0.25, 0.3) is 0 Å². The third-order valence-corrected chi connectivity index (χ3v) is 3.39. The van der Waals surface area contributed by atoms with Gasteiger partial charge in [0.15, 0.2) is 0 Å². The van der Waals surface area contributed by atoms with Crippen LogP contribution in [0.1, 0.15) is 43.2 Å². The number of H-pyrrole nitrogens is 1. The first-order valence-electron chi connectivity index (χ1n) is 6.93. The van der Waals surface area contributed by atoms with Gasteiger partial charge in [0.2, 0.25) is 0 Å². The Morgan fingerprint density at radius 3 is 2.40 bits per heavy atom. The van der Waals surface area contributed by atoms with E-state index >= 15 is 0 Å². The lowest BCUT2D eigenvalue weighted by Gasteiger charge is -2.18. The molecule has 2 aromatic rings. The molecule has 4 heteroatoms. The second-order valence-corrected chi connectivity index (χ2v) is 6.05. The molecular weight excluding hydrogens is 250 g/mol. The lowest BCUT2D eigenvalue weighted by atomic mass is 9.89. The normalized spacial score (nSPS) is 11.8. The molecule has 0 amide bonds. The summed E-state index contributed by atoms with van der Waals surface area (Å²) in [6, 6.07) is 7.94. The Kier molecular flexibility index (Phi) is 4.57. The molecule has 0 aliphatic heterocycles. The SMILES string of the molecule is CC(C)(C)c1[nH]ncc1CNCc1ccccc1CO. The Morgan fingerprint density at radius 2 is 1.75 bits per heavy atom. The van der Waals surface area contributed by atoms with Crippen molar-refractivity contribution in [2.24, 2.45) is 0 Å². The number of aliphatic hydroxyl groups is 1. The summed E-state index contributed by atoms with van der Waals surface area (Å²) in [4.78, 5) is 0. The van der Waals surface area contributed by atoms with Crippen molar-refractivity contribution >= 4 is 0 Å². The van der Waals surface area contributed by atoms with E-state index in [2.05, 4.69) is 36.3 Å². The highest BCUT2D eigenvalue weighted by Crippen LogP contribution is 2.23. The van der Waals surface area contributed by atoms with Gasteiger partial charge in [0.05, 0.1) is 12.8 Å². The van der Waals surface area contributed by atoms with Crippen molar-refractivity contribution in [2.45, 2.75) is 45.9 Å². The summed E-state index contributed by atoms with van der Waals surface area (Å²) in [5.41, 5.74) is 4.54. The molecule has 108 valence electrons. The molecule has 20 heavy (non-hydrogen) atoms. The maximum atomic E-state index is 9.31. The van der Waals surface area contributed by atoms with Gasteiger partial charge in [-0.25, -0.2) is 0 Å². The Morgan fingerprint density at radius 1 is 1.10 bits per heavy atom. The summed E-state index contributed by atoms with van der Waals surface area (Å²) in [5.74, 6) is 0. The van der Waals surface area contributed by atoms with E-state index in [0.29, 0.717) is 0 Å². The maximum Gasteiger partial charge on any atom is 0.0685 e. The van der Waals surface area contributed by atoms with E-state index in [9.17, 15) is 5.11 Å². The van der Waals surface area contributed by atoms with Gasteiger partial charge in [-0.2, -0.15) is 5.10 Å². The van der Waals surface area contributed by atoms with Gasteiger partial charge < -0.3 is 10.4 Å². The molecule has 0 saturated heterocycles. The number of rotatable bonds is 5. The fourth-order valence-corrected chi connectivity index (χ4v) is 2.31. The largest absolute Gasteiger partial charge is 0.392 e. The number of hydrogen-bond donors (Lipinski definition) is 3. The van der Waals surface area contributed by atoms with E-state index in [0.717, 1.165) is 24.2 Å². The minimum absolute atomic E-state index is 0.0660. The molecule has 3 N–H and O–H groups in total. The van der Waals surface area contributed by atoms with E-state index in [-0.39, 0.29) is 12.0 Å². The smallest absolute Gasteiger partial charge is 0.0685 e. The van der Waals surface area contributed by atoms with Crippen molar-refractivity contribution in [3.05, 3.63) is 52.8 Å².